The largest absolute Gasteiger partial charge is 0.508 e. The highest BCUT2D eigenvalue weighted by atomic mass is 16.5. The first kappa shape index (κ1) is 22.3. The van der Waals surface area contributed by atoms with E-state index in [4.69, 9.17) is 4.74 Å². The van der Waals surface area contributed by atoms with E-state index in [1.807, 2.05) is 13.0 Å². The molecule has 1 aliphatic heterocycles. The SMILES string of the molecule is CC(C)=CCC/C(C)=C/Cc1c(O)cc(O)c2c1OC[C@@H](c1ccc(O)cc1O)C2=O. The average molecular weight is 424 g/mol. The number of allylic oxidation sites excluding steroid dienone is 4. The predicted molar refractivity (Wildman–Crippen MR) is 118 cm³/mol. The van der Waals surface area contributed by atoms with Crippen LogP contribution >= 0.6 is 0 Å². The van der Waals surface area contributed by atoms with Crippen molar-refractivity contribution in [1.82, 2.24) is 0 Å². The summed E-state index contributed by atoms with van der Waals surface area (Å²) in [6.07, 6.45) is 6.32. The zero-order valence-electron chi connectivity index (χ0n) is 18.0. The Balaban J connectivity index is 1.91. The number of hydrogen-bond donors (Lipinski definition) is 4. The van der Waals surface area contributed by atoms with E-state index in [0.717, 1.165) is 30.5 Å². The Kier molecular flexibility index (Phi) is 6.59. The van der Waals surface area contributed by atoms with Crippen LogP contribution in [0.5, 0.6) is 28.7 Å². The molecule has 2 aromatic carbocycles. The minimum Gasteiger partial charge on any atom is -0.508 e. The van der Waals surface area contributed by atoms with Crippen molar-refractivity contribution in [2.75, 3.05) is 6.61 Å². The van der Waals surface area contributed by atoms with Crippen LogP contribution in [-0.4, -0.2) is 32.8 Å². The molecule has 1 atom stereocenters. The third kappa shape index (κ3) is 4.85. The first-order chi connectivity index (χ1) is 14.7. The van der Waals surface area contributed by atoms with Gasteiger partial charge in [-0.25, -0.2) is 0 Å². The molecule has 0 aromatic heterocycles. The van der Waals surface area contributed by atoms with Gasteiger partial charge in [0.1, 0.15) is 40.9 Å². The van der Waals surface area contributed by atoms with Crippen LogP contribution in [0.25, 0.3) is 0 Å². The predicted octanol–water partition coefficient (Wildman–Crippen LogP) is 5.10. The molecule has 0 aliphatic carbocycles. The van der Waals surface area contributed by atoms with Crippen molar-refractivity contribution in [3.8, 4) is 28.7 Å². The van der Waals surface area contributed by atoms with Gasteiger partial charge >= 0.3 is 0 Å². The van der Waals surface area contributed by atoms with Gasteiger partial charge in [0, 0.05) is 23.3 Å². The van der Waals surface area contributed by atoms with Crippen LogP contribution in [0.1, 0.15) is 61.0 Å². The van der Waals surface area contributed by atoms with E-state index in [1.54, 1.807) is 0 Å². The van der Waals surface area contributed by atoms with E-state index < -0.39 is 11.7 Å². The fourth-order valence-electron chi connectivity index (χ4n) is 3.71. The fourth-order valence-corrected chi connectivity index (χ4v) is 3.71. The van der Waals surface area contributed by atoms with Crippen molar-refractivity contribution in [3.63, 3.8) is 0 Å². The molecule has 3 rings (SSSR count). The van der Waals surface area contributed by atoms with Crippen LogP contribution in [0, 0.1) is 0 Å². The maximum Gasteiger partial charge on any atom is 0.181 e. The number of fused-ring (bicyclic) bond motifs is 1. The third-order valence-corrected chi connectivity index (χ3v) is 5.43. The molecule has 164 valence electrons. The van der Waals surface area contributed by atoms with Gasteiger partial charge in [-0.05, 0) is 46.1 Å². The summed E-state index contributed by atoms with van der Waals surface area (Å²) in [5.74, 6) is -1.92. The Morgan fingerprint density at radius 2 is 1.77 bits per heavy atom. The van der Waals surface area contributed by atoms with Crippen molar-refractivity contribution < 1.29 is 30.0 Å². The van der Waals surface area contributed by atoms with Gasteiger partial charge in [-0.15, -0.1) is 0 Å². The van der Waals surface area contributed by atoms with Gasteiger partial charge in [0.2, 0.25) is 0 Å². The summed E-state index contributed by atoms with van der Waals surface area (Å²) in [5, 5.41) is 40.4. The molecule has 0 radical (unpaired) electrons. The molecule has 0 saturated heterocycles. The number of phenols is 4. The van der Waals surface area contributed by atoms with Crippen molar-refractivity contribution in [1.29, 1.82) is 0 Å². The van der Waals surface area contributed by atoms with Gasteiger partial charge in [0.25, 0.3) is 0 Å². The van der Waals surface area contributed by atoms with Gasteiger partial charge in [-0.3, -0.25) is 4.79 Å². The number of ketones is 1. The smallest absolute Gasteiger partial charge is 0.181 e. The molecule has 0 amide bonds. The lowest BCUT2D eigenvalue weighted by molar-refractivity contribution is 0.0888. The molecule has 0 spiro atoms. The highest BCUT2D eigenvalue weighted by Crippen LogP contribution is 2.45. The molecule has 0 unspecified atom stereocenters. The maximum atomic E-state index is 13.2. The Bertz CT molecular complexity index is 1060. The van der Waals surface area contributed by atoms with Crippen molar-refractivity contribution in [2.45, 2.75) is 46.0 Å². The van der Waals surface area contributed by atoms with E-state index in [0.29, 0.717) is 17.5 Å². The summed E-state index contributed by atoms with van der Waals surface area (Å²) in [6.45, 7) is 6.07. The van der Waals surface area contributed by atoms with Crippen molar-refractivity contribution in [2.24, 2.45) is 0 Å². The van der Waals surface area contributed by atoms with Crippen LogP contribution in [-0.2, 0) is 6.42 Å². The van der Waals surface area contributed by atoms with E-state index in [1.165, 1.54) is 17.7 Å². The molecule has 2 aromatic rings. The molecule has 31 heavy (non-hydrogen) atoms. The first-order valence-electron chi connectivity index (χ1n) is 10.2. The molecule has 6 nitrogen and oxygen atoms in total. The lowest BCUT2D eigenvalue weighted by Gasteiger charge is -2.27. The normalized spacial score (nSPS) is 15.9. The Morgan fingerprint density at radius 3 is 2.45 bits per heavy atom. The number of phenolic OH excluding ortho intramolecular Hbond substituents is 4. The quantitative estimate of drug-likeness (QED) is 0.481. The van der Waals surface area contributed by atoms with Crippen molar-refractivity contribution >= 4 is 5.78 Å². The highest BCUT2D eigenvalue weighted by molar-refractivity contribution is 6.07. The minimum absolute atomic E-state index is 0.00730. The first-order valence-corrected chi connectivity index (χ1v) is 10.2. The molecule has 1 aliphatic rings. The molecular weight excluding hydrogens is 396 g/mol. The highest BCUT2D eigenvalue weighted by Gasteiger charge is 2.36. The number of carbonyl (C=O) groups is 1. The Labute approximate surface area is 181 Å². The number of carbonyl (C=O) groups excluding carboxylic acids is 1. The second-order valence-electron chi connectivity index (χ2n) is 8.14. The topological polar surface area (TPSA) is 107 Å². The van der Waals surface area contributed by atoms with Crippen molar-refractivity contribution in [3.05, 3.63) is 64.3 Å². The number of aromatic hydroxyl groups is 4. The van der Waals surface area contributed by atoms with E-state index in [9.17, 15) is 25.2 Å². The van der Waals surface area contributed by atoms with Crippen LogP contribution in [0.15, 0.2) is 47.6 Å². The van der Waals surface area contributed by atoms with Gasteiger partial charge in [0.05, 0.1) is 5.92 Å². The van der Waals surface area contributed by atoms with E-state index in [2.05, 4.69) is 19.9 Å². The summed E-state index contributed by atoms with van der Waals surface area (Å²) < 4.78 is 5.83. The summed E-state index contributed by atoms with van der Waals surface area (Å²) in [7, 11) is 0. The molecule has 0 fully saturated rings. The lowest BCUT2D eigenvalue weighted by Crippen LogP contribution is -2.27. The van der Waals surface area contributed by atoms with Gasteiger partial charge in [-0.2, -0.15) is 0 Å². The Hall–Kier alpha value is -3.41. The Morgan fingerprint density at radius 1 is 1.03 bits per heavy atom. The average Bonchev–Trinajstić information content (AvgIpc) is 2.68. The van der Waals surface area contributed by atoms with E-state index >= 15 is 0 Å². The van der Waals surface area contributed by atoms with E-state index in [-0.39, 0.29) is 40.9 Å². The molecule has 0 saturated carbocycles. The third-order valence-electron chi connectivity index (χ3n) is 5.43. The summed E-state index contributed by atoms with van der Waals surface area (Å²) >= 11 is 0. The molecule has 4 N–H and O–H groups in total. The number of Topliss-reactive ketones (excluding diaryl/α,β-unsaturated/α-hetero) is 1. The number of ether oxygens (including phenoxy) is 1. The lowest BCUT2D eigenvalue weighted by atomic mass is 9.86. The molecule has 0 bridgehead atoms. The van der Waals surface area contributed by atoms with Crippen LogP contribution in [0.3, 0.4) is 0 Å². The number of benzene rings is 2. The molecular formula is C25H28O6. The monoisotopic (exact) mass is 424 g/mol. The van der Waals surface area contributed by atoms with Crippen LogP contribution < -0.4 is 4.74 Å². The minimum atomic E-state index is -0.835. The zero-order chi connectivity index (χ0) is 22.7. The molecule has 6 heteroatoms. The summed E-state index contributed by atoms with van der Waals surface area (Å²) in [4.78, 5) is 13.2. The zero-order valence-corrected chi connectivity index (χ0v) is 18.0. The second-order valence-corrected chi connectivity index (χ2v) is 8.14. The fraction of sp³-hybridized carbons (Fsp3) is 0.320. The summed E-state index contributed by atoms with van der Waals surface area (Å²) in [6, 6.07) is 5.14. The second kappa shape index (κ2) is 9.16. The van der Waals surface area contributed by atoms with Gasteiger partial charge in [0.15, 0.2) is 5.78 Å². The number of hydrogen-bond acceptors (Lipinski definition) is 6. The summed E-state index contributed by atoms with van der Waals surface area (Å²) in [5.41, 5.74) is 3.15. The van der Waals surface area contributed by atoms with Gasteiger partial charge < -0.3 is 25.2 Å². The standard InChI is InChI=1S/C25H28O6/c1-14(2)5-4-6-15(3)7-9-18-21(28)12-22(29)23-24(30)19(13-31-25(18)23)17-10-8-16(26)11-20(17)27/h5,7-8,10-12,19,26-29H,4,6,9,13H2,1-3H3/b15-7+/t19-/m0/s1. The molecule has 1 heterocycles. The van der Waals surface area contributed by atoms with Crippen LogP contribution in [0.4, 0.5) is 0 Å². The van der Waals surface area contributed by atoms with Crippen LogP contribution in [0.2, 0.25) is 0 Å². The maximum absolute atomic E-state index is 13.2. The van der Waals surface area contributed by atoms with Gasteiger partial charge in [-0.1, -0.05) is 29.4 Å². The number of rotatable bonds is 6.